The predicted octanol–water partition coefficient (Wildman–Crippen LogP) is 3.07. The molecular weight excluding hydrogens is 212 g/mol. The van der Waals surface area contributed by atoms with Crippen LogP contribution >= 0.6 is 0 Å². The zero-order valence-electron chi connectivity index (χ0n) is 10.4. The lowest BCUT2D eigenvalue weighted by molar-refractivity contribution is 0.200. The third kappa shape index (κ3) is 3.13. The van der Waals surface area contributed by atoms with Crippen molar-refractivity contribution in [3.63, 3.8) is 0 Å². The molecule has 0 radical (unpaired) electrons. The molecule has 3 heteroatoms. The summed E-state index contributed by atoms with van der Waals surface area (Å²) in [5.41, 5.74) is 8.39. The van der Waals surface area contributed by atoms with Gasteiger partial charge in [-0.2, -0.15) is 0 Å². The standard InChI is InChI=1S/C14H22N2O/c1-10(17)13-9-11(15)7-8-14(13)16-12-5-3-2-4-6-12/h7-10,12,16-17H,2-6,15H2,1H3. The maximum absolute atomic E-state index is 9.76. The second-order valence-electron chi connectivity index (χ2n) is 5.00. The Morgan fingerprint density at radius 1 is 1.29 bits per heavy atom. The molecule has 1 aliphatic carbocycles. The minimum atomic E-state index is -0.482. The molecule has 1 aromatic rings. The molecule has 0 aliphatic heterocycles. The number of anilines is 2. The van der Waals surface area contributed by atoms with Crippen molar-refractivity contribution < 1.29 is 5.11 Å². The smallest absolute Gasteiger partial charge is 0.0782 e. The number of nitrogens with one attached hydrogen (secondary N) is 1. The lowest BCUT2D eigenvalue weighted by atomic mass is 9.94. The SMILES string of the molecule is CC(O)c1cc(N)ccc1NC1CCCCC1. The number of nitrogen functional groups attached to an aromatic ring is 1. The summed E-state index contributed by atoms with van der Waals surface area (Å²) in [5, 5.41) is 13.3. The van der Waals surface area contributed by atoms with E-state index in [0.717, 1.165) is 11.3 Å². The van der Waals surface area contributed by atoms with E-state index in [4.69, 9.17) is 5.73 Å². The summed E-state index contributed by atoms with van der Waals surface area (Å²) < 4.78 is 0. The molecule has 2 rings (SSSR count). The summed E-state index contributed by atoms with van der Waals surface area (Å²) in [7, 11) is 0. The van der Waals surface area contributed by atoms with Crippen LogP contribution in [-0.2, 0) is 0 Å². The van der Waals surface area contributed by atoms with Crippen LogP contribution in [0.15, 0.2) is 18.2 Å². The largest absolute Gasteiger partial charge is 0.399 e. The number of aliphatic hydroxyl groups excluding tert-OH is 1. The van der Waals surface area contributed by atoms with E-state index >= 15 is 0 Å². The van der Waals surface area contributed by atoms with Crippen LogP contribution in [0.3, 0.4) is 0 Å². The molecule has 0 amide bonds. The molecule has 0 saturated heterocycles. The van der Waals surface area contributed by atoms with Crippen LogP contribution in [0.4, 0.5) is 11.4 Å². The van der Waals surface area contributed by atoms with Crippen molar-refractivity contribution in [2.45, 2.75) is 51.2 Å². The molecule has 3 nitrogen and oxygen atoms in total. The average molecular weight is 234 g/mol. The van der Waals surface area contributed by atoms with Crippen LogP contribution in [0, 0.1) is 0 Å². The van der Waals surface area contributed by atoms with Gasteiger partial charge in [-0.05, 0) is 38.0 Å². The predicted molar refractivity (Wildman–Crippen MR) is 72.0 cm³/mol. The van der Waals surface area contributed by atoms with Gasteiger partial charge in [0.05, 0.1) is 6.10 Å². The van der Waals surface area contributed by atoms with Crippen LogP contribution in [-0.4, -0.2) is 11.1 Å². The van der Waals surface area contributed by atoms with Crippen molar-refractivity contribution in [3.05, 3.63) is 23.8 Å². The van der Waals surface area contributed by atoms with Gasteiger partial charge in [0, 0.05) is 23.0 Å². The quantitative estimate of drug-likeness (QED) is 0.704. The average Bonchev–Trinajstić information content (AvgIpc) is 2.32. The molecule has 1 fully saturated rings. The number of rotatable bonds is 3. The number of aliphatic hydroxyl groups is 1. The molecule has 0 bridgehead atoms. The van der Waals surface area contributed by atoms with E-state index < -0.39 is 6.10 Å². The summed E-state index contributed by atoms with van der Waals surface area (Å²) in [5.74, 6) is 0. The van der Waals surface area contributed by atoms with Gasteiger partial charge in [-0.15, -0.1) is 0 Å². The van der Waals surface area contributed by atoms with Gasteiger partial charge in [-0.1, -0.05) is 19.3 Å². The van der Waals surface area contributed by atoms with Gasteiger partial charge in [0.25, 0.3) is 0 Å². The Morgan fingerprint density at radius 2 is 2.00 bits per heavy atom. The number of benzene rings is 1. The summed E-state index contributed by atoms with van der Waals surface area (Å²) in [6.07, 6.45) is 5.92. The van der Waals surface area contributed by atoms with Gasteiger partial charge in [0.2, 0.25) is 0 Å². The van der Waals surface area contributed by atoms with Crippen LogP contribution < -0.4 is 11.1 Å². The Labute approximate surface area is 103 Å². The van der Waals surface area contributed by atoms with Gasteiger partial charge < -0.3 is 16.2 Å². The minimum Gasteiger partial charge on any atom is -0.399 e. The Hall–Kier alpha value is -1.22. The molecule has 0 heterocycles. The number of nitrogens with two attached hydrogens (primary N) is 1. The normalized spacial score (nSPS) is 18.9. The molecular formula is C14H22N2O. The topological polar surface area (TPSA) is 58.3 Å². The molecule has 1 saturated carbocycles. The molecule has 0 aromatic heterocycles. The van der Waals surface area contributed by atoms with E-state index in [1.807, 2.05) is 18.2 Å². The highest BCUT2D eigenvalue weighted by molar-refractivity contribution is 5.59. The highest BCUT2D eigenvalue weighted by atomic mass is 16.3. The Balaban J connectivity index is 2.13. The van der Waals surface area contributed by atoms with Gasteiger partial charge in [-0.25, -0.2) is 0 Å². The van der Waals surface area contributed by atoms with E-state index in [1.54, 1.807) is 6.92 Å². The first-order chi connectivity index (χ1) is 8.16. The number of hydrogen-bond acceptors (Lipinski definition) is 3. The van der Waals surface area contributed by atoms with Crippen molar-refractivity contribution in [2.24, 2.45) is 0 Å². The zero-order chi connectivity index (χ0) is 12.3. The van der Waals surface area contributed by atoms with Crippen molar-refractivity contribution in [1.82, 2.24) is 0 Å². The van der Waals surface area contributed by atoms with Crippen molar-refractivity contribution in [3.8, 4) is 0 Å². The Kier molecular flexibility index (Phi) is 3.89. The Morgan fingerprint density at radius 3 is 2.65 bits per heavy atom. The molecule has 1 atom stereocenters. The minimum absolute atomic E-state index is 0.482. The maximum Gasteiger partial charge on any atom is 0.0782 e. The van der Waals surface area contributed by atoms with E-state index in [2.05, 4.69) is 5.32 Å². The molecule has 0 spiro atoms. The van der Waals surface area contributed by atoms with Gasteiger partial charge in [0.15, 0.2) is 0 Å². The first-order valence-electron chi connectivity index (χ1n) is 6.51. The van der Waals surface area contributed by atoms with E-state index in [-0.39, 0.29) is 0 Å². The van der Waals surface area contributed by atoms with Crippen molar-refractivity contribution in [2.75, 3.05) is 11.1 Å². The van der Waals surface area contributed by atoms with Crippen LogP contribution in [0.25, 0.3) is 0 Å². The van der Waals surface area contributed by atoms with E-state index in [9.17, 15) is 5.11 Å². The highest BCUT2D eigenvalue weighted by Crippen LogP contribution is 2.28. The fourth-order valence-corrected chi connectivity index (χ4v) is 2.53. The summed E-state index contributed by atoms with van der Waals surface area (Å²) in [6.45, 7) is 1.78. The molecule has 4 N–H and O–H groups in total. The van der Waals surface area contributed by atoms with E-state index in [1.165, 1.54) is 32.1 Å². The zero-order valence-corrected chi connectivity index (χ0v) is 10.4. The third-order valence-electron chi connectivity index (χ3n) is 3.49. The third-order valence-corrected chi connectivity index (χ3v) is 3.49. The first kappa shape index (κ1) is 12.2. The molecule has 94 valence electrons. The summed E-state index contributed by atoms with van der Waals surface area (Å²) in [6, 6.07) is 6.27. The molecule has 17 heavy (non-hydrogen) atoms. The Bertz CT molecular complexity index is 370. The van der Waals surface area contributed by atoms with Gasteiger partial charge >= 0.3 is 0 Å². The van der Waals surface area contributed by atoms with Crippen molar-refractivity contribution in [1.29, 1.82) is 0 Å². The fraction of sp³-hybridized carbons (Fsp3) is 0.571. The lowest BCUT2D eigenvalue weighted by Crippen LogP contribution is -2.23. The van der Waals surface area contributed by atoms with Crippen LogP contribution in [0.1, 0.15) is 50.7 Å². The first-order valence-corrected chi connectivity index (χ1v) is 6.51. The van der Waals surface area contributed by atoms with Crippen molar-refractivity contribution >= 4 is 11.4 Å². The van der Waals surface area contributed by atoms with Gasteiger partial charge in [0.1, 0.15) is 0 Å². The molecule has 1 unspecified atom stereocenters. The highest BCUT2D eigenvalue weighted by Gasteiger charge is 2.15. The molecule has 1 aliphatic rings. The summed E-state index contributed by atoms with van der Waals surface area (Å²) >= 11 is 0. The summed E-state index contributed by atoms with van der Waals surface area (Å²) in [4.78, 5) is 0. The second-order valence-corrected chi connectivity index (χ2v) is 5.00. The maximum atomic E-state index is 9.76. The van der Waals surface area contributed by atoms with Gasteiger partial charge in [-0.3, -0.25) is 0 Å². The fourth-order valence-electron chi connectivity index (χ4n) is 2.53. The van der Waals surface area contributed by atoms with Crippen LogP contribution in [0.5, 0.6) is 0 Å². The number of hydrogen-bond donors (Lipinski definition) is 3. The molecule has 1 aromatic carbocycles. The lowest BCUT2D eigenvalue weighted by Gasteiger charge is -2.26. The van der Waals surface area contributed by atoms with Crippen LogP contribution in [0.2, 0.25) is 0 Å². The monoisotopic (exact) mass is 234 g/mol. The van der Waals surface area contributed by atoms with E-state index in [0.29, 0.717) is 11.7 Å². The second kappa shape index (κ2) is 5.41.